The molecule has 0 aliphatic heterocycles. The van der Waals surface area contributed by atoms with Gasteiger partial charge in [-0.2, -0.15) is 0 Å². The summed E-state index contributed by atoms with van der Waals surface area (Å²) < 4.78 is 2.18. The van der Waals surface area contributed by atoms with E-state index in [-0.39, 0.29) is 20.1 Å². The van der Waals surface area contributed by atoms with Gasteiger partial charge in [0.15, 0.2) is 0 Å². The standard InChI is InChI=1S/C19H13N2.C7H5N4.Ir/c1-3-9-15(10-4-1)19-20-17-13-7-8-14-18(17)21(19)16-11-5-2-6-12-16;1-2-4-8-6(3-1)7-5-9-11-10-7;/h1-9,11-14H;1-5H;/q2*-1;. The number of pyridine rings is 1. The number of aromatic nitrogens is 6. The van der Waals surface area contributed by atoms with Gasteiger partial charge in [0.2, 0.25) is 0 Å². The van der Waals surface area contributed by atoms with Gasteiger partial charge in [-0.3, -0.25) is 15.2 Å². The van der Waals surface area contributed by atoms with Gasteiger partial charge in [0.05, 0.1) is 22.6 Å². The molecule has 3 aromatic carbocycles. The topological polar surface area (TPSA) is 70.6 Å². The maximum Gasteiger partial charge on any atom is 0.0774 e. The van der Waals surface area contributed by atoms with E-state index in [1.165, 1.54) is 0 Å². The van der Waals surface area contributed by atoms with Gasteiger partial charge >= 0.3 is 0 Å². The van der Waals surface area contributed by atoms with Crippen molar-refractivity contribution in [3.63, 3.8) is 0 Å². The minimum absolute atomic E-state index is 0. The molecule has 3 heterocycles. The summed E-state index contributed by atoms with van der Waals surface area (Å²) in [6.07, 6.45) is 3.30. The summed E-state index contributed by atoms with van der Waals surface area (Å²) in [4.78, 5) is 8.87. The van der Waals surface area contributed by atoms with Crippen molar-refractivity contribution in [1.82, 2.24) is 29.9 Å². The van der Waals surface area contributed by atoms with Crippen LogP contribution in [0.4, 0.5) is 0 Å². The zero-order valence-electron chi connectivity index (χ0n) is 17.4. The van der Waals surface area contributed by atoms with Crippen molar-refractivity contribution in [2.45, 2.75) is 0 Å². The molecule has 6 nitrogen and oxygen atoms in total. The van der Waals surface area contributed by atoms with E-state index in [9.17, 15) is 0 Å². The Bertz CT molecular complexity index is 1400. The zero-order chi connectivity index (χ0) is 21.6. The van der Waals surface area contributed by atoms with Crippen LogP contribution < -0.4 is 5.10 Å². The van der Waals surface area contributed by atoms with E-state index < -0.39 is 0 Å². The van der Waals surface area contributed by atoms with Crippen LogP contribution in [0.3, 0.4) is 0 Å². The first-order chi connectivity index (χ1) is 15.9. The summed E-state index contributed by atoms with van der Waals surface area (Å²) in [5.41, 5.74) is 5.73. The monoisotopic (exact) mass is 607 g/mol. The number of rotatable bonds is 3. The van der Waals surface area contributed by atoms with Crippen LogP contribution in [0.1, 0.15) is 0 Å². The van der Waals surface area contributed by atoms with Crippen molar-refractivity contribution in [2.24, 2.45) is 0 Å². The first-order valence-corrected chi connectivity index (χ1v) is 10.1. The Hall–Kier alpha value is -3.93. The van der Waals surface area contributed by atoms with Crippen LogP contribution >= 0.6 is 0 Å². The summed E-state index contributed by atoms with van der Waals surface area (Å²) in [5.74, 6) is 0.919. The SMILES string of the molecule is [Ir].[c-]1ccccc1-c1nc2ccccc2n1-c1ccccc1.c1ccc(-c2cnn[n-]2)nc1. The predicted molar refractivity (Wildman–Crippen MR) is 124 cm³/mol. The molecule has 0 N–H and O–H groups in total. The summed E-state index contributed by atoms with van der Waals surface area (Å²) in [7, 11) is 0. The number of fused-ring (bicyclic) bond motifs is 1. The van der Waals surface area contributed by atoms with Crippen LogP contribution in [0.2, 0.25) is 0 Å². The van der Waals surface area contributed by atoms with Crippen molar-refractivity contribution in [2.75, 3.05) is 0 Å². The molecule has 0 bridgehead atoms. The maximum absolute atomic E-state index is 4.79. The zero-order valence-corrected chi connectivity index (χ0v) is 19.8. The van der Waals surface area contributed by atoms with E-state index >= 15 is 0 Å². The van der Waals surface area contributed by atoms with Crippen molar-refractivity contribution >= 4 is 11.0 Å². The maximum atomic E-state index is 4.79. The van der Waals surface area contributed by atoms with Crippen molar-refractivity contribution in [1.29, 1.82) is 0 Å². The third-order valence-corrected chi connectivity index (χ3v) is 4.84. The Kier molecular flexibility index (Phi) is 7.15. The van der Waals surface area contributed by atoms with Crippen LogP contribution in [0.25, 0.3) is 39.5 Å². The van der Waals surface area contributed by atoms with Gasteiger partial charge in [0.1, 0.15) is 0 Å². The Labute approximate surface area is 204 Å². The number of benzene rings is 3. The first-order valence-electron chi connectivity index (χ1n) is 10.1. The second-order valence-corrected chi connectivity index (χ2v) is 6.91. The molecule has 0 spiro atoms. The third kappa shape index (κ3) is 4.95. The average Bonchev–Trinajstić information content (AvgIpc) is 3.55. The van der Waals surface area contributed by atoms with Crippen molar-refractivity contribution in [3.05, 3.63) is 116 Å². The molecule has 6 aromatic rings. The predicted octanol–water partition coefficient (Wildman–Crippen LogP) is 4.99. The normalized spacial score (nSPS) is 10.2. The first kappa shape index (κ1) is 22.3. The Morgan fingerprint density at radius 2 is 1.58 bits per heavy atom. The molecule has 7 heteroatoms. The Morgan fingerprint density at radius 3 is 2.30 bits per heavy atom. The molecule has 0 fully saturated rings. The summed E-state index contributed by atoms with van der Waals surface area (Å²) in [6, 6.07) is 35.4. The van der Waals surface area contributed by atoms with Crippen LogP contribution in [0.15, 0.2) is 109 Å². The Balaban J connectivity index is 0.000000183. The molecule has 3 aromatic heterocycles. The largest absolute Gasteiger partial charge is 0.358 e. The van der Waals surface area contributed by atoms with E-state index in [2.05, 4.69) is 49.2 Å². The van der Waals surface area contributed by atoms with Gasteiger partial charge in [-0.25, -0.2) is 0 Å². The molecule has 1 radical (unpaired) electrons. The fourth-order valence-electron chi connectivity index (χ4n) is 3.39. The number of para-hydroxylation sites is 3. The fourth-order valence-corrected chi connectivity index (χ4v) is 3.39. The number of hydrogen-bond donors (Lipinski definition) is 0. The second-order valence-electron chi connectivity index (χ2n) is 6.91. The minimum Gasteiger partial charge on any atom is -0.358 e. The summed E-state index contributed by atoms with van der Waals surface area (Å²) >= 11 is 0. The molecule has 0 aliphatic rings. The van der Waals surface area contributed by atoms with E-state index in [4.69, 9.17) is 4.98 Å². The fraction of sp³-hybridized carbons (Fsp3) is 0. The Morgan fingerprint density at radius 1 is 0.788 bits per heavy atom. The molecule has 0 amide bonds. The summed E-state index contributed by atoms with van der Waals surface area (Å²) in [5, 5.41) is 10.8. The molecular formula is C26H18IrN6-2. The van der Waals surface area contributed by atoms with Crippen LogP contribution in [-0.2, 0) is 20.1 Å². The van der Waals surface area contributed by atoms with Crippen LogP contribution in [0.5, 0.6) is 0 Å². The van der Waals surface area contributed by atoms with Gasteiger partial charge in [-0.1, -0.05) is 42.6 Å². The molecule has 6 rings (SSSR count). The van der Waals surface area contributed by atoms with Gasteiger partial charge in [-0.05, 0) is 42.1 Å². The molecule has 163 valence electrons. The molecular weight excluding hydrogens is 589 g/mol. The average molecular weight is 607 g/mol. The molecule has 33 heavy (non-hydrogen) atoms. The van der Waals surface area contributed by atoms with Gasteiger partial charge in [0, 0.05) is 32.0 Å². The molecule has 0 saturated carbocycles. The molecule has 0 unspecified atom stereocenters. The summed E-state index contributed by atoms with van der Waals surface area (Å²) in [6.45, 7) is 0. The number of nitrogens with zero attached hydrogens (tertiary/aromatic N) is 6. The van der Waals surface area contributed by atoms with Gasteiger partial charge < -0.3 is 14.8 Å². The van der Waals surface area contributed by atoms with E-state index in [1.807, 2.05) is 78.9 Å². The third-order valence-electron chi connectivity index (χ3n) is 4.84. The van der Waals surface area contributed by atoms with E-state index in [0.29, 0.717) is 5.69 Å². The van der Waals surface area contributed by atoms with Crippen LogP contribution in [-0.4, -0.2) is 24.8 Å². The number of hydrogen-bond acceptors (Lipinski definition) is 4. The van der Waals surface area contributed by atoms with Crippen molar-refractivity contribution in [3.8, 4) is 28.5 Å². The molecule has 0 saturated heterocycles. The van der Waals surface area contributed by atoms with Gasteiger partial charge in [0.25, 0.3) is 0 Å². The van der Waals surface area contributed by atoms with Crippen molar-refractivity contribution < 1.29 is 20.1 Å². The number of imidazole rings is 1. The molecule has 0 aliphatic carbocycles. The van der Waals surface area contributed by atoms with E-state index in [1.54, 1.807) is 12.4 Å². The quantitative estimate of drug-likeness (QED) is 0.266. The van der Waals surface area contributed by atoms with E-state index in [0.717, 1.165) is 33.8 Å². The molecule has 0 atom stereocenters. The van der Waals surface area contributed by atoms with Gasteiger partial charge in [-0.15, -0.1) is 35.9 Å². The minimum atomic E-state index is 0. The van der Waals surface area contributed by atoms with Crippen LogP contribution in [0, 0.1) is 6.07 Å². The second kappa shape index (κ2) is 10.6. The smallest absolute Gasteiger partial charge is 0.0774 e.